The number of aromatic nitrogens is 2. The van der Waals surface area contributed by atoms with Gasteiger partial charge in [0.2, 0.25) is 0 Å². The molecule has 0 unspecified atom stereocenters. The van der Waals surface area contributed by atoms with Crippen LogP contribution in [0.4, 0.5) is 0 Å². The number of nitrogens with zero attached hydrogens (tertiary/aromatic N) is 2. The van der Waals surface area contributed by atoms with Gasteiger partial charge in [-0.2, -0.15) is 0 Å². The lowest BCUT2D eigenvalue weighted by molar-refractivity contribution is 0.768. The first-order valence-electron chi connectivity index (χ1n) is 21.1. The quantitative estimate of drug-likeness (QED) is 0.160. The minimum atomic E-state index is -0.506. The van der Waals surface area contributed by atoms with Crippen molar-refractivity contribution in [2.75, 3.05) is 0 Å². The fourth-order valence-corrected chi connectivity index (χ4v) is 10.9. The summed E-state index contributed by atoms with van der Waals surface area (Å²) >= 11 is 1.86. The molecule has 3 heteroatoms. The van der Waals surface area contributed by atoms with E-state index in [2.05, 4.69) is 224 Å². The number of benzene rings is 9. The molecule has 2 heterocycles. The second kappa shape index (κ2) is 14.8. The van der Waals surface area contributed by atoms with E-state index >= 15 is 0 Å². The van der Waals surface area contributed by atoms with Gasteiger partial charge in [-0.1, -0.05) is 194 Å². The SMILES string of the molecule is c1ccc(-c2nc(-c3cccc(-c4cccc(-c5cccc6sc7ccccc7c56)c4)c3)cc(-c3ccc4c(c3)C(c3ccccc3)(c3ccccc3)c3ccccc3-4)n2)cc1. The van der Waals surface area contributed by atoms with Crippen LogP contribution in [0.25, 0.3) is 87.5 Å². The van der Waals surface area contributed by atoms with Crippen molar-refractivity contribution in [2.24, 2.45) is 0 Å². The van der Waals surface area contributed by atoms with Crippen molar-refractivity contribution in [1.29, 1.82) is 0 Å². The molecular formula is C59H38N2S. The van der Waals surface area contributed by atoms with Crippen LogP contribution in [0.2, 0.25) is 0 Å². The predicted molar refractivity (Wildman–Crippen MR) is 259 cm³/mol. The van der Waals surface area contributed by atoms with Crippen LogP contribution in [-0.4, -0.2) is 9.97 Å². The maximum atomic E-state index is 5.32. The van der Waals surface area contributed by atoms with Crippen LogP contribution in [0, 0.1) is 0 Å². The lowest BCUT2D eigenvalue weighted by atomic mass is 9.67. The molecule has 290 valence electrons. The number of rotatable bonds is 7. The standard InChI is InChI=1S/C59H38N2S/c1-4-17-39(18-5-1)58-60-53(43-22-15-20-41(36-43)40-19-14-21-42(35-40)47-29-16-32-56-57(47)50-28-11-13-31-55(50)62-56)38-54(61-58)44-33-34-49-48-27-10-12-30-51(48)59(52(49)37-44,45-23-6-2-7-24-45)46-25-8-3-9-26-46/h1-38H. The van der Waals surface area contributed by atoms with Crippen LogP contribution in [0.3, 0.4) is 0 Å². The molecule has 9 aromatic carbocycles. The highest BCUT2D eigenvalue weighted by molar-refractivity contribution is 7.25. The number of fused-ring (bicyclic) bond motifs is 6. The Morgan fingerprint density at radius 2 is 0.839 bits per heavy atom. The predicted octanol–water partition coefficient (Wildman–Crippen LogP) is 15.5. The van der Waals surface area contributed by atoms with E-state index in [1.54, 1.807) is 0 Å². The highest BCUT2D eigenvalue weighted by atomic mass is 32.1. The zero-order valence-corrected chi connectivity index (χ0v) is 34.6. The summed E-state index contributed by atoms with van der Waals surface area (Å²) in [6.07, 6.45) is 0. The molecule has 0 radical (unpaired) electrons. The van der Waals surface area contributed by atoms with Crippen LogP contribution in [0.1, 0.15) is 22.3 Å². The van der Waals surface area contributed by atoms with Gasteiger partial charge in [-0.3, -0.25) is 0 Å². The first-order chi connectivity index (χ1) is 30.7. The lowest BCUT2D eigenvalue weighted by Gasteiger charge is -2.34. The second-order valence-corrected chi connectivity index (χ2v) is 17.1. The van der Waals surface area contributed by atoms with Gasteiger partial charge < -0.3 is 0 Å². The van der Waals surface area contributed by atoms with Crippen molar-refractivity contribution in [1.82, 2.24) is 9.97 Å². The van der Waals surface area contributed by atoms with E-state index in [9.17, 15) is 0 Å². The van der Waals surface area contributed by atoms with Crippen molar-refractivity contribution in [3.8, 4) is 67.3 Å². The van der Waals surface area contributed by atoms with E-state index in [4.69, 9.17) is 9.97 Å². The molecule has 11 aromatic rings. The molecule has 0 bridgehead atoms. The summed E-state index contributed by atoms with van der Waals surface area (Å²) in [6.45, 7) is 0. The van der Waals surface area contributed by atoms with E-state index in [1.165, 1.54) is 64.7 Å². The Morgan fingerprint density at radius 3 is 1.58 bits per heavy atom. The molecule has 0 fully saturated rings. The van der Waals surface area contributed by atoms with Gasteiger partial charge in [0.25, 0.3) is 0 Å². The third-order valence-electron chi connectivity index (χ3n) is 12.6. The Labute approximate surface area is 365 Å². The summed E-state index contributed by atoms with van der Waals surface area (Å²) in [5.74, 6) is 0.697. The van der Waals surface area contributed by atoms with Crippen LogP contribution in [0.5, 0.6) is 0 Å². The van der Waals surface area contributed by atoms with Crippen molar-refractivity contribution >= 4 is 31.5 Å². The van der Waals surface area contributed by atoms with Crippen LogP contribution >= 0.6 is 11.3 Å². The van der Waals surface area contributed by atoms with Gasteiger partial charge in [0.05, 0.1) is 16.8 Å². The van der Waals surface area contributed by atoms with Gasteiger partial charge >= 0.3 is 0 Å². The van der Waals surface area contributed by atoms with Crippen LogP contribution < -0.4 is 0 Å². The van der Waals surface area contributed by atoms with Gasteiger partial charge in [0.15, 0.2) is 5.82 Å². The fourth-order valence-electron chi connectivity index (χ4n) is 9.80. The van der Waals surface area contributed by atoms with Gasteiger partial charge in [-0.05, 0) is 92.0 Å². The Hall–Kier alpha value is -7.72. The van der Waals surface area contributed by atoms with Crippen molar-refractivity contribution in [3.05, 3.63) is 253 Å². The molecule has 1 aliphatic rings. The third-order valence-corrected chi connectivity index (χ3v) is 13.7. The molecule has 12 rings (SSSR count). The number of thiophene rings is 1. The van der Waals surface area contributed by atoms with E-state index in [0.717, 1.165) is 39.2 Å². The molecule has 0 amide bonds. The molecule has 0 spiro atoms. The van der Waals surface area contributed by atoms with Gasteiger partial charge in [0.1, 0.15) is 0 Å². The topological polar surface area (TPSA) is 25.8 Å². The second-order valence-electron chi connectivity index (χ2n) is 16.1. The summed E-state index contributed by atoms with van der Waals surface area (Å²) in [4.78, 5) is 10.6. The van der Waals surface area contributed by atoms with Crippen LogP contribution in [0.15, 0.2) is 231 Å². The molecule has 2 nitrogen and oxygen atoms in total. The van der Waals surface area contributed by atoms with Crippen molar-refractivity contribution in [2.45, 2.75) is 5.41 Å². The highest BCUT2D eigenvalue weighted by Gasteiger charge is 2.46. The molecule has 2 aromatic heterocycles. The van der Waals surface area contributed by atoms with Gasteiger partial charge in [0, 0.05) is 36.9 Å². The maximum absolute atomic E-state index is 5.32. The van der Waals surface area contributed by atoms with E-state index in [-0.39, 0.29) is 0 Å². The van der Waals surface area contributed by atoms with Gasteiger partial charge in [-0.15, -0.1) is 11.3 Å². The summed E-state index contributed by atoms with van der Waals surface area (Å²) in [5.41, 5.74) is 16.6. The molecule has 0 atom stereocenters. The minimum Gasteiger partial charge on any atom is -0.228 e. The largest absolute Gasteiger partial charge is 0.228 e. The molecule has 0 N–H and O–H groups in total. The maximum Gasteiger partial charge on any atom is 0.160 e. The number of hydrogen-bond donors (Lipinski definition) is 0. The molecule has 0 aliphatic heterocycles. The first-order valence-corrected chi connectivity index (χ1v) is 22.0. The van der Waals surface area contributed by atoms with E-state index < -0.39 is 5.41 Å². The van der Waals surface area contributed by atoms with E-state index in [0.29, 0.717) is 5.82 Å². The highest BCUT2D eigenvalue weighted by Crippen LogP contribution is 2.56. The minimum absolute atomic E-state index is 0.506. The molecule has 0 saturated heterocycles. The molecular weight excluding hydrogens is 769 g/mol. The zero-order valence-electron chi connectivity index (χ0n) is 33.7. The van der Waals surface area contributed by atoms with Crippen molar-refractivity contribution in [3.63, 3.8) is 0 Å². The monoisotopic (exact) mass is 806 g/mol. The Kier molecular flexibility index (Phi) is 8.62. The molecule has 1 aliphatic carbocycles. The lowest BCUT2D eigenvalue weighted by Crippen LogP contribution is -2.28. The average Bonchev–Trinajstić information content (AvgIpc) is 3.89. The summed E-state index contributed by atoms with van der Waals surface area (Å²) in [5, 5.41) is 2.63. The Balaban J connectivity index is 1.01. The first kappa shape index (κ1) is 36.2. The third kappa shape index (κ3) is 5.85. The number of hydrogen-bond acceptors (Lipinski definition) is 3. The normalized spacial score (nSPS) is 12.6. The molecule has 0 saturated carbocycles. The Morgan fingerprint density at radius 1 is 0.323 bits per heavy atom. The zero-order chi connectivity index (χ0) is 41.0. The van der Waals surface area contributed by atoms with Crippen molar-refractivity contribution < 1.29 is 0 Å². The summed E-state index contributed by atoms with van der Waals surface area (Å²) in [6, 6.07) is 83.4. The Bertz CT molecular complexity index is 3420. The van der Waals surface area contributed by atoms with E-state index in [1.807, 2.05) is 17.4 Å². The van der Waals surface area contributed by atoms with Gasteiger partial charge in [-0.25, -0.2) is 9.97 Å². The summed E-state index contributed by atoms with van der Waals surface area (Å²) < 4.78 is 2.62. The smallest absolute Gasteiger partial charge is 0.160 e. The summed E-state index contributed by atoms with van der Waals surface area (Å²) in [7, 11) is 0. The fraction of sp³-hybridized carbons (Fsp3) is 0.0169. The van der Waals surface area contributed by atoms with Crippen LogP contribution in [-0.2, 0) is 5.41 Å². The average molecular weight is 807 g/mol. The molecule has 62 heavy (non-hydrogen) atoms.